The van der Waals surface area contributed by atoms with Gasteiger partial charge < -0.3 is 0 Å². The van der Waals surface area contributed by atoms with Crippen molar-refractivity contribution in [3.05, 3.63) is 40.3 Å². The van der Waals surface area contributed by atoms with Gasteiger partial charge in [0, 0.05) is 0 Å². The predicted octanol–water partition coefficient (Wildman–Crippen LogP) is 4.78. The number of hydrogen-bond acceptors (Lipinski definition) is 0. The Morgan fingerprint density at radius 3 is 1.56 bits per heavy atom. The van der Waals surface area contributed by atoms with Crippen molar-refractivity contribution in [2.75, 3.05) is 0 Å². The summed E-state index contributed by atoms with van der Waals surface area (Å²) in [6, 6.07) is 0. The first-order valence-corrected chi connectivity index (χ1v) is 6.35. The van der Waals surface area contributed by atoms with Gasteiger partial charge in [-0.15, -0.1) is 0 Å². The van der Waals surface area contributed by atoms with E-state index in [-0.39, 0.29) is 0 Å². The molecule has 0 N–H and O–H groups in total. The van der Waals surface area contributed by atoms with Crippen LogP contribution in [0, 0.1) is 41.5 Å². The maximum atomic E-state index is 3.91. The molecule has 0 saturated heterocycles. The molecule has 1 radical (unpaired) electrons. The highest BCUT2D eigenvalue weighted by Crippen LogP contribution is 2.27. The SMILES string of the molecule is [CH2]CCCCc1c(C)c(C)c(C)c(C)c1C. The van der Waals surface area contributed by atoms with Crippen molar-refractivity contribution in [3.8, 4) is 0 Å². The van der Waals surface area contributed by atoms with Crippen molar-refractivity contribution in [3.63, 3.8) is 0 Å². The van der Waals surface area contributed by atoms with Crippen molar-refractivity contribution in [1.29, 1.82) is 0 Å². The fraction of sp³-hybridized carbons (Fsp3) is 0.562. The van der Waals surface area contributed by atoms with E-state index in [9.17, 15) is 0 Å². The van der Waals surface area contributed by atoms with Gasteiger partial charge in [0.2, 0.25) is 0 Å². The minimum atomic E-state index is 1.06. The summed E-state index contributed by atoms with van der Waals surface area (Å²) >= 11 is 0. The van der Waals surface area contributed by atoms with Crippen LogP contribution in [0.5, 0.6) is 0 Å². The van der Waals surface area contributed by atoms with Crippen molar-refractivity contribution >= 4 is 0 Å². The van der Waals surface area contributed by atoms with Gasteiger partial charge >= 0.3 is 0 Å². The van der Waals surface area contributed by atoms with Crippen LogP contribution in [-0.4, -0.2) is 0 Å². The summed E-state index contributed by atoms with van der Waals surface area (Å²) < 4.78 is 0. The van der Waals surface area contributed by atoms with E-state index in [1.54, 1.807) is 5.56 Å². The minimum absolute atomic E-state index is 1.06. The van der Waals surface area contributed by atoms with Crippen LogP contribution < -0.4 is 0 Å². The monoisotopic (exact) mass is 217 g/mol. The standard InChI is InChI=1S/C16H25/c1-7-8-9-10-16-14(5)12(3)11(2)13(4)15(16)6/h1,7-10H2,2-6H3. The molecular weight excluding hydrogens is 192 g/mol. The van der Waals surface area contributed by atoms with Gasteiger partial charge in [-0.3, -0.25) is 0 Å². The summed E-state index contributed by atoms with van der Waals surface area (Å²) in [4.78, 5) is 0. The minimum Gasteiger partial charge on any atom is -0.0533 e. The van der Waals surface area contributed by atoms with Crippen LogP contribution >= 0.6 is 0 Å². The molecule has 0 unspecified atom stereocenters. The largest absolute Gasteiger partial charge is 0.0533 e. The summed E-state index contributed by atoms with van der Waals surface area (Å²) in [6.45, 7) is 15.2. The smallest absolute Gasteiger partial charge is 0.0273 e. The zero-order chi connectivity index (χ0) is 12.3. The second kappa shape index (κ2) is 5.52. The van der Waals surface area contributed by atoms with E-state index in [2.05, 4.69) is 41.5 Å². The third-order valence-electron chi connectivity index (χ3n) is 4.08. The molecule has 0 spiro atoms. The molecule has 0 bridgehead atoms. The molecule has 0 nitrogen and oxygen atoms in total. The van der Waals surface area contributed by atoms with Gasteiger partial charge in [0.25, 0.3) is 0 Å². The highest BCUT2D eigenvalue weighted by atomic mass is 14.2. The van der Waals surface area contributed by atoms with E-state index in [1.165, 1.54) is 47.1 Å². The maximum Gasteiger partial charge on any atom is -0.0273 e. The zero-order valence-corrected chi connectivity index (χ0v) is 11.5. The van der Waals surface area contributed by atoms with E-state index in [0.29, 0.717) is 0 Å². The van der Waals surface area contributed by atoms with E-state index in [1.807, 2.05) is 0 Å². The molecule has 0 aliphatic rings. The second-order valence-electron chi connectivity index (χ2n) is 4.91. The Morgan fingerprint density at radius 1 is 0.688 bits per heavy atom. The summed E-state index contributed by atoms with van der Waals surface area (Å²) in [5.41, 5.74) is 9.01. The lowest BCUT2D eigenvalue weighted by atomic mass is 9.87. The Labute approximate surface area is 101 Å². The highest BCUT2D eigenvalue weighted by Gasteiger charge is 2.11. The molecular formula is C16H25. The van der Waals surface area contributed by atoms with Gasteiger partial charge in [-0.1, -0.05) is 19.8 Å². The van der Waals surface area contributed by atoms with Gasteiger partial charge in [0.1, 0.15) is 0 Å². The topological polar surface area (TPSA) is 0 Å². The molecule has 0 heterocycles. The van der Waals surface area contributed by atoms with Crippen LogP contribution in [0.25, 0.3) is 0 Å². The predicted molar refractivity (Wildman–Crippen MR) is 73.0 cm³/mol. The molecule has 1 aromatic carbocycles. The zero-order valence-electron chi connectivity index (χ0n) is 11.5. The van der Waals surface area contributed by atoms with Gasteiger partial charge in [0.15, 0.2) is 0 Å². The van der Waals surface area contributed by atoms with Crippen LogP contribution in [0.15, 0.2) is 0 Å². The van der Waals surface area contributed by atoms with Gasteiger partial charge in [-0.2, -0.15) is 0 Å². The van der Waals surface area contributed by atoms with Gasteiger partial charge in [-0.05, 0) is 80.8 Å². The lowest BCUT2D eigenvalue weighted by molar-refractivity contribution is 0.739. The lowest BCUT2D eigenvalue weighted by Crippen LogP contribution is -2.03. The maximum absolute atomic E-state index is 3.91. The fourth-order valence-electron chi connectivity index (χ4n) is 2.43. The Bertz CT molecular complexity index is 343. The quantitative estimate of drug-likeness (QED) is 0.637. The first-order chi connectivity index (χ1) is 7.50. The number of rotatable bonds is 4. The molecule has 0 saturated carbocycles. The molecule has 0 aromatic heterocycles. The molecule has 1 rings (SSSR count). The summed E-state index contributed by atoms with van der Waals surface area (Å²) in [7, 11) is 0. The number of unbranched alkanes of at least 4 members (excludes halogenated alkanes) is 2. The Balaban J connectivity index is 3.08. The first kappa shape index (κ1) is 13.3. The van der Waals surface area contributed by atoms with Crippen LogP contribution in [-0.2, 0) is 6.42 Å². The average Bonchev–Trinajstić information content (AvgIpc) is 2.28. The van der Waals surface area contributed by atoms with Crippen LogP contribution in [0.4, 0.5) is 0 Å². The number of hydrogen-bond donors (Lipinski definition) is 0. The highest BCUT2D eigenvalue weighted by molar-refractivity contribution is 5.49. The fourth-order valence-corrected chi connectivity index (χ4v) is 2.43. The van der Waals surface area contributed by atoms with Crippen LogP contribution in [0.2, 0.25) is 0 Å². The molecule has 0 atom stereocenters. The molecule has 1 aromatic rings. The van der Waals surface area contributed by atoms with Crippen LogP contribution in [0.3, 0.4) is 0 Å². The van der Waals surface area contributed by atoms with Gasteiger partial charge in [-0.25, -0.2) is 0 Å². The second-order valence-corrected chi connectivity index (χ2v) is 4.91. The third-order valence-corrected chi connectivity index (χ3v) is 4.08. The number of benzene rings is 1. The molecule has 0 aliphatic heterocycles. The van der Waals surface area contributed by atoms with E-state index >= 15 is 0 Å². The molecule has 0 heteroatoms. The Kier molecular flexibility index (Phi) is 4.58. The molecule has 16 heavy (non-hydrogen) atoms. The van der Waals surface area contributed by atoms with Crippen molar-refractivity contribution < 1.29 is 0 Å². The normalized spacial score (nSPS) is 10.9. The molecule has 89 valence electrons. The molecule has 0 fully saturated rings. The van der Waals surface area contributed by atoms with E-state index in [4.69, 9.17) is 0 Å². The van der Waals surface area contributed by atoms with E-state index in [0.717, 1.165) is 6.42 Å². The van der Waals surface area contributed by atoms with Crippen molar-refractivity contribution in [1.82, 2.24) is 0 Å². The van der Waals surface area contributed by atoms with Crippen LogP contribution in [0.1, 0.15) is 52.6 Å². The third kappa shape index (κ3) is 2.48. The molecule has 0 aliphatic carbocycles. The van der Waals surface area contributed by atoms with Crippen molar-refractivity contribution in [2.24, 2.45) is 0 Å². The van der Waals surface area contributed by atoms with Crippen molar-refractivity contribution in [2.45, 2.75) is 60.3 Å². The first-order valence-electron chi connectivity index (χ1n) is 6.35. The Hall–Kier alpha value is -0.780. The Morgan fingerprint density at radius 2 is 1.12 bits per heavy atom. The summed E-state index contributed by atoms with van der Waals surface area (Å²) in [5, 5.41) is 0. The van der Waals surface area contributed by atoms with Gasteiger partial charge in [0.05, 0.1) is 0 Å². The average molecular weight is 217 g/mol. The molecule has 0 amide bonds. The summed E-state index contributed by atoms with van der Waals surface area (Å²) in [6.07, 6.45) is 4.79. The van der Waals surface area contributed by atoms with E-state index < -0.39 is 0 Å². The summed E-state index contributed by atoms with van der Waals surface area (Å²) in [5.74, 6) is 0. The lowest BCUT2D eigenvalue weighted by Gasteiger charge is -2.18.